The zero-order valence-corrected chi connectivity index (χ0v) is 12.9. The van der Waals surface area contributed by atoms with Gasteiger partial charge >= 0.3 is 5.97 Å². The molecule has 0 unspecified atom stereocenters. The molecule has 4 nitrogen and oxygen atoms in total. The lowest BCUT2D eigenvalue weighted by atomic mass is 10.1. The maximum absolute atomic E-state index is 11.7. The Morgan fingerprint density at radius 2 is 1.76 bits per heavy atom. The molecule has 2 rings (SSSR count). The van der Waals surface area contributed by atoms with E-state index < -0.39 is 5.97 Å². The predicted octanol–water partition coefficient (Wildman–Crippen LogP) is 3.64. The van der Waals surface area contributed by atoms with Crippen molar-refractivity contribution in [2.24, 2.45) is 0 Å². The highest BCUT2D eigenvalue weighted by Crippen LogP contribution is 2.18. The molecule has 0 aliphatic rings. The lowest BCUT2D eigenvalue weighted by Crippen LogP contribution is -2.17. The first-order valence-electron chi connectivity index (χ1n) is 6.24. The molecule has 108 valence electrons. The fraction of sp³-hybridized carbons (Fsp3) is 0.125. The summed E-state index contributed by atoms with van der Waals surface area (Å²) < 4.78 is 11.3. The van der Waals surface area contributed by atoms with Gasteiger partial charge in [-0.15, -0.1) is 0 Å². The van der Waals surface area contributed by atoms with Gasteiger partial charge in [-0.25, -0.2) is 4.79 Å². The quantitative estimate of drug-likeness (QED) is 0.470. The van der Waals surface area contributed by atoms with E-state index in [1.807, 2.05) is 12.1 Å². The van der Waals surface area contributed by atoms with Crippen LogP contribution in [0, 0.1) is 0 Å². The smallest absolute Gasteiger partial charge is 0.349 e. The molecule has 2 aromatic carbocycles. The van der Waals surface area contributed by atoms with E-state index in [1.165, 1.54) is 6.92 Å². The van der Waals surface area contributed by atoms with Crippen molar-refractivity contribution in [3.63, 3.8) is 0 Å². The molecule has 0 amide bonds. The first kappa shape index (κ1) is 15.3. The van der Waals surface area contributed by atoms with E-state index in [0.29, 0.717) is 17.1 Å². The number of hydrogen-bond acceptors (Lipinski definition) is 4. The van der Waals surface area contributed by atoms with E-state index in [2.05, 4.69) is 15.9 Å². The molecular weight excluding hydrogens is 336 g/mol. The third-order valence-corrected chi connectivity index (χ3v) is 3.14. The Kier molecular flexibility index (Phi) is 5.11. The SMILES string of the molecule is CC(=O)c1ccc(OC(=O)COc2cccc(Br)c2)cc1. The molecular formula is C16H13BrO4. The Morgan fingerprint density at radius 1 is 1.05 bits per heavy atom. The molecule has 0 fully saturated rings. The highest BCUT2D eigenvalue weighted by atomic mass is 79.9. The van der Waals surface area contributed by atoms with Crippen LogP contribution >= 0.6 is 15.9 Å². The van der Waals surface area contributed by atoms with Crippen molar-refractivity contribution in [3.8, 4) is 11.5 Å². The molecule has 0 radical (unpaired) electrons. The van der Waals surface area contributed by atoms with Gasteiger partial charge in [-0.05, 0) is 49.4 Å². The zero-order chi connectivity index (χ0) is 15.2. The van der Waals surface area contributed by atoms with Gasteiger partial charge in [-0.2, -0.15) is 0 Å². The van der Waals surface area contributed by atoms with Crippen molar-refractivity contribution in [2.45, 2.75) is 6.92 Å². The van der Waals surface area contributed by atoms with Crippen LogP contribution in [0.4, 0.5) is 0 Å². The molecule has 2 aromatic rings. The summed E-state index contributed by atoms with van der Waals surface area (Å²) in [5.74, 6) is 0.410. The third-order valence-electron chi connectivity index (χ3n) is 2.65. The molecule has 0 aromatic heterocycles. The Balaban J connectivity index is 1.88. The van der Waals surface area contributed by atoms with E-state index in [1.54, 1.807) is 36.4 Å². The Bertz CT molecular complexity index is 650. The molecule has 0 spiro atoms. The van der Waals surface area contributed by atoms with Crippen LogP contribution in [0.25, 0.3) is 0 Å². The number of halogens is 1. The van der Waals surface area contributed by atoms with Gasteiger partial charge in [0.2, 0.25) is 0 Å². The molecule has 0 bridgehead atoms. The van der Waals surface area contributed by atoms with Crippen LogP contribution in [-0.4, -0.2) is 18.4 Å². The number of benzene rings is 2. The van der Waals surface area contributed by atoms with Gasteiger partial charge in [-0.3, -0.25) is 4.79 Å². The number of rotatable bonds is 5. The fourth-order valence-electron chi connectivity index (χ4n) is 1.62. The molecule has 0 N–H and O–H groups in total. The van der Waals surface area contributed by atoms with E-state index in [0.717, 1.165) is 4.47 Å². The Hall–Kier alpha value is -2.14. The predicted molar refractivity (Wildman–Crippen MR) is 81.7 cm³/mol. The summed E-state index contributed by atoms with van der Waals surface area (Å²) in [5.41, 5.74) is 0.570. The molecule has 0 aliphatic heterocycles. The number of esters is 1. The Morgan fingerprint density at radius 3 is 2.38 bits per heavy atom. The normalized spacial score (nSPS) is 10.0. The summed E-state index contributed by atoms with van der Waals surface area (Å²) in [5, 5.41) is 0. The molecule has 21 heavy (non-hydrogen) atoms. The van der Waals surface area contributed by atoms with Crippen molar-refractivity contribution in [2.75, 3.05) is 6.61 Å². The van der Waals surface area contributed by atoms with Gasteiger partial charge in [0.05, 0.1) is 0 Å². The fourth-order valence-corrected chi connectivity index (χ4v) is 2.00. The van der Waals surface area contributed by atoms with E-state index >= 15 is 0 Å². The molecule has 0 atom stereocenters. The standard InChI is InChI=1S/C16H13BrO4/c1-11(18)12-5-7-14(8-6-12)21-16(19)10-20-15-4-2-3-13(17)9-15/h2-9H,10H2,1H3. The summed E-state index contributed by atoms with van der Waals surface area (Å²) in [7, 11) is 0. The largest absolute Gasteiger partial charge is 0.482 e. The van der Waals surface area contributed by atoms with Gasteiger partial charge in [0.1, 0.15) is 11.5 Å². The Labute approximate surface area is 130 Å². The third kappa shape index (κ3) is 4.72. The minimum atomic E-state index is -0.509. The topological polar surface area (TPSA) is 52.6 Å². The zero-order valence-electron chi connectivity index (χ0n) is 11.3. The van der Waals surface area contributed by atoms with E-state index in [9.17, 15) is 9.59 Å². The van der Waals surface area contributed by atoms with Gasteiger partial charge in [-0.1, -0.05) is 22.0 Å². The molecule has 5 heteroatoms. The lowest BCUT2D eigenvalue weighted by Gasteiger charge is -2.07. The molecule has 0 saturated carbocycles. The van der Waals surface area contributed by atoms with Gasteiger partial charge in [0.25, 0.3) is 0 Å². The summed E-state index contributed by atoms with van der Waals surface area (Å²) in [6.45, 7) is 1.29. The highest BCUT2D eigenvalue weighted by molar-refractivity contribution is 9.10. The summed E-state index contributed by atoms with van der Waals surface area (Å²) in [6.07, 6.45) is 0. The maximum Gasteiger partial charge on any atom is 0.349 e. The molecule has 0 heterocycles. The number of Topliss-reactive ketones (excluding diaryl/α,β-unsaturated/α-hetero) is 1. The average molecular weight is 349 g/mol. The lowest BCUT2D eigenvalue weighted by molar-refractivity contribution is -0.136. The number of ether oxygens (including phenoxy) is 2. The first-order valence-corrected chi connectivity index (χ1v) is 7.04. The second kappa shape index (κ2) is 7.04. The van der Waals surface area contributed by atoms with Crippen molar-refractivity contribution in [3.05, 3.63) is 58.6 Å². The van der Waals surface area contributed by atoms with Crippen molar-refractivity contribution < 1.29 is 19.1 Å². The van der Waals surface area contributed by atoms with Crippen LogP contribution in [0.3, 0.4) is 0 Å². The van der Waals surface area contributed by atoms with Crippen LogP contribution in [0.15, 0.2) is 53.0 Å². The first-order chi connectivity index (χ1) is 10.0. The second-order valence-corrected chi connectivity index (χ2v) is 5.22. The van der Waals surface area contributed by atoms with E-state index in [4.69, 9.17) is 9.47 Å². The summed E-state index contributed by atoms with van der Waals surface area (Å²) >= 11 is 3.32. The number of hydrogen-bond donors (Lipinski definition) is 0. The van der Waals surface area contributed by atoms with E-state index in [-0.39, 0.29) is 12.4 Å². The summed E-state index contributed by atoms with van der Waals surface area (Å²) in [6, 6.07) is 13.6. The minimum absolute atomic E-state index is 0.0362. The van der Waals surface area contributed by atoms with Crippen LogP contribution in [0.2, 0.25) is 0 Å². The second-order valence-electron chi connectivity index (χ2n) is 4.30. The maximum atomic E-state index is 11.7. The van der Waals surface area contributed by atoms with Crippen LogP contribution in [-0.2, 0) is 4.79 Å². The van der Waals surface area contributed by atoms with Gasteiger partial charge in [0.15, 0.2) is 12.4 Å². The number of carbonyl (C=O) groups is 2. The number of carbonyl (C=O) groups excluding carboxylic acids is 2. The minimum Gasteiger partial charge on any atom is -0.482 e. The van der Waals surface area contributed by atoms with Crippen LogP contribution in [0.1, 0.15) is 17.3 Å². The average Bonchev–Trinajstić information content (AvgIpc) is 2.46. The van der Waals surface area contributed by atoms with Crippen molar-refractivity contribution in [1.29, 1.82) is 0 Å². The van der Waals surface area contributed by atoms with Crippen molar-refractivity contribution >= 4 is 27.7 Å². The summed E-state index contributed by atoms with van der Waals surface area (Å²) in [4.78, 5) is 22.8. The molecule has 0 saturated heterocycles. The number of ketones is 1. The monoisotopic (exact) mass is 348 g/mol. The van der Waals surface area contributed by atoms with Crippen LogP contribution in [0.5, 0.6) is 11.5 Å². The highest BCUT2D eigenvalue weighted by Gasteiger charge is 2.07. The van der Waals surface area contributed by atoms with Gasteiger partial charge in [0, 0.05) is 10.0 Å². The van der Waals surface area contributed by atoms with Crippen LogP contribution < -0.4 is 9.47 Å². The van der Waals surface area contributed by atoms with Gasteiger partial charge < -0.3 is 9.47 Å². The molecule has 0 aliphatic carbocycles. The van der Waals surface area contributed by atoms with Crippen molar-refractivity contribution in [1.82, 2.24) is 0 Å².